The number of nitrogens with zero attached hydrogens (tertiary/aromatic N) is 3. The van der Waals surface area contributed by atoms with Crippen LogP contribution >= 0.6 is 0 Å². The molecule has 0 unspecified atom stereocenters. The molecule has 0 bridgehead atoms. The maximum atomic E-state index is 13.4. The smallest absolute Gasteiger partial charge is 0.257 e. The van der Waals surface area contributed by atoms with Crippen molar-refractivity contribution in [1.29, 1.82) is 0 Å². The van der Waals surface area contributed by atoms with Crippen molar-refractivity contribution >= 4 is 17.5 Å². The van der Waals surface area contributed by atoms with Crippen LogP contribution < -0.4 is 5.32 Å². The zero-order valence-corrected chi connectivity index (χ0v) is 18.9. The standard InChI is InChI=1S/C27H26N4O2/c1-19-11-10-12-20(2)25(19)28-24(32)18-30(3)27(33)23-17-31(22-15-8-5-9-16-22)29-26(23)21-13-6-4-7-14-21/h4-17H,18H2,1-3H3,(H,28,32). The zero-order chi connectivity index (χ0) is 23.4. The molecule has 2 amide bonds. The number of hydrogen-bond donors (Lipinski definition) is 1. The highest BCUT2D eigenvalue weighted by Gasteiger charge is 2.23. The zero-order valence-electron chi connectivity index (χ0n) is 18.9. The summed E-state index contributed by atoms with van der Waals surface area (Å²) in [6, 6.07) is 25.0. The van der Waals surface area contributed by atoms with Crippen LogP contribution in [0.15, 0.2) is 85.1 Å². The van der Waals surface area contributed by atoms with E-state index in [1.165, 1.54) is 4.90 Å². The summed E-state index contributed by atoms with van der Waals surface area (Å²) in [6.45, 7) is 3.82. The van der Waals surface area contributed by atoms with Crippen LogP contribution in [-0.4, -0.2) is 40.1 Å². The van der Waals surface area contributed by atoms with E-state index in [0.29, 0.717) is 11.3 Å². The summed E-state index contributed by atoms with van der Waals surface area (Å²) in [5.74, 6) is -0.521. The van der Waals surface area contributed by atoms with Gasteiger partial charge >= 0.3 is 0 Å². The minimum Gasteiger partial charge on any atom is -0.332 e. The van der Waals surface area contributed by atoms with E-state index in [4.69, 9.17) is 5.10 Å². The Morgan fingerprint density at radius 1 is 0.879 bits per heavy atom. The van der Waals surface area contributed by atoms with Gasteiger partial charge in [0, 0.05) is 24.5 Å². The van der Waals surface area contributed by atoms with Crippen LogP contribution in [-0.2, 0) is 4.79 Å². The Balaban J connectivity index is 1.60. The fourth-order valence-corrected chi connectivity index (χ4v) is 3.74. The molecular formula is C27H26N4O2. The molecule has 0 aliphatic rings. The van der Waals surface area contributed by atoms with E-state index in [2.05, 4.69) is 5.32 Å². The second-order valence-corrected chi connectivity index (χ2v) is 8.01. The van der Waals surface area contributed by atoms with Gasteiger partial charge in [0.1, 0.15) is 5.69 Å². The average molecular weight is 439 g/mol. The Morgan fingerprint density at radius 3 is 2.12 bits per heavy atom. The van der Waals surface area contributed by atoms with Crippen LogP contribution in [0.3, 0.4) is 0 Å². The van der Waals surface area contributed by atoms with E-state index in [-0.39, 0.29) is 18.4 Å². The summed E-state index contributed by atoms with van der Waals surface area (Å²) in [5.41, 5.74) is 5.44. The molecule has 3 aromatic carbocycles. The SMILES string of the molecule is Cc1cccc(C)c1NC(=O)CN(C)C(=O)c1cn(-c2ccccc2)nc1-c1ccccc1. The van der Waals surface area contributed by atoms with Crippen LogP contribution in [0, 0.1) is 13.8 Å². The lowest BCUT2D eigenvalue weighted by Crippen LogP contribution is -2.35. The minimum atomic E-state index is -0.271. The Hall–Kier alpha value is -4.19. The van der Waals surface area contributed by atoms with Gasteiger partial charge in [-0.3, -0.25) is 9.59 Å². The monoisotopic (exact) mass is 438 g/mol. The molecule has 0 atom stereocenters. The van der Waals surface area contributed by atoms with Crippen molar-refractivity contribution in [2.45, 2.75) is 13.8 Å². The summed E-state index contributed by atoms with van der Waals surface area (Å²) < 4.78 is 1.69. The minimum absolute atomic E-state index is 0.0721. The third-order valence-electron chi connectivity index (χ3n) is 5.49. The third kappa shape index (κ3) is 4.85. The molecule has 166 valence electrons. The summed E-state index contributed by atoms with van der Waals surface area (Å²) in [6.07, 6.45) is 1.72. The second kappa shape index (κ2) is 9.53. The average Bonchev–Trinajstić information content (AvgIpc) is 3.28. The van der Waals surface area contributed by atoms with E-state index in [0.717, 1.165) is 28.1 Å². The largest absolute Gasteiger partial charge is 0.332 e. The van der Waals surface area contributed by atoms with E-state index in [9.17, 15) is 9.59 Å². The summed E-state index contributed by atoms with van der Waals surface area (Å²) >= 11 is 0. The van der Waals surface area contributed by atoms with Crippen LogP contribution in [0.4, 0.5) is 5.69 Å². The molecule has 4 rings (SSSR count). The van der Waals surface area contributed by atoms with Crippen molar-refractivity contribution < 1.29 is 9.59 Å². The number of benzene rings is 3. The van der Waals surface area contributed by atoms with Gasteiger partial charge in [0.2, 0.25) is 5.91 Å². The molecule has 0 aliphatic carbocycles. The number of rotatable bonds is 6. The molecule has 6 nitrogen and oxygen atoms in total. The van der Waals surface area contributed by atoms with Gasteiger partial charge in [0.05, 0.1) is 17.8 Å². The van der Waals surface area contributed by atoms with Gasteiger partial charge in [-0.05, 0) is 37.1 Å². The quantitative estimate of drug-likeness (QED) is 0.467. The van der Waals surface area contributed by atoms with Crippen LogP contribution in [0.5, 0.6) is 0 Å². The molecule has 6 heteroatoms. The van der Waals surface area contributed by atoms with Crippen molar-refractivity contribution in [2.24, 2.45) is 0 Å². The van der Waals surface area contributed by atoms with Crippen molar-refractivity contribution in [3.8, 4) is 16.9 Å². The van der Waals surface area contributed by atoms with Gasteiger partial charge in [0.25, 0.3) is 5.91 Å². The van der Waals surface area contributed by atoms with Gasteiger partial charge < -0.3 is 10.2 Å². The lowest BCUT2D eigenvalue weighted by atomic mass is 10.1. The number of para-hydroxylation sites is 2. The van der Waals surface area contributed by atoms with Gasteiger partial charge in [-0.15, -0.1) is 0 Å². The lowest BCUT2D eigenvalue weighted by molar-refractivity contribution is -0.116. The Morgan fingerprint density at radius 2 is 1.48 bits per heavy atom. The lowest BCUT2D eigenvalue weighted by Gasteiger charge is -2.18. The highest BCUT2D eigenvalue weighted by molar-refractivity contribution is 6.03. The number of aryl methyl sites for hydroxylation is 2. The third-order valence-corrected chi connectivity index (χ3v) is 5.49. The maximum Gasteiger partial charge on any atom is 0.257 e. The number of hydrogen-bond acceptors (Lipinski definition) is 3. The molecule has 0 saturated carbocycles. The van der Waals surface area contributed by atoms with Crippen LogP contribution in [0.2, 0.25) is 0 Å². The van der Waals surface area contributed by atoms with Gasteiger partial charge in [-0.25, -0.2) is 4.68 Å². The number of anilines is 1. The number of nitrogens with one attached hydrogen (secondary N) is 1. The predicted molar refractivity (Wildman–Crippen MR) is 131 cm³/mol. The van der Waals surface area contributed by atoms with Crippen molar-refractivity contribution in [3.63, 3.8) is 0 Å². The van der Waals surface area contributed by atoms with Gasteiger partial charge in [-0.2, -0.15) is 5.10 Å². The molecule has 0 fully saturated rings. The van der Waals surface area contributed by atoms with Gasteiger partial charge in [0.15, 0.2) is 0 Å². The normalized spacial score (nSPS) is 10.6. The number of carbonyl (C=O) groups excluding carboxylic acids is 2. The fraction of sp³-hybridized carbons (Fsp3) is 0.148. The van der Waals surface area contributed by atoms with E-state index >= 15 is 0 Å². The highest BCUT2D eigenvalue weighted by Crippen LogP contribution is 2.25. The van der Waals surface area contributed by atoms with E-state index < -0.39 is 0 Å². The van der Waals surface area contributed by atoms with Crippen molar-refractivity contribution in [2.75, 3.05) is 18.9 Å². The summed E-state index contributed by atoms with van der Waals surface area (Å²) in [7, 11) is 1.63. The molecule has 1 heterocycles. The number of carbonyl (C=O) groups is 2. The van der Waals surface area contributed by atoms with Crippen LogP contribution in [0.25, 0.3) is 16.9 Å². The van der Waals surface area contributed by atoms with E-state index in [1.807, 2.05) is 92.7 Å². The summed E-state index contributed by atoms with van der Waals surface area (Å²) in [4.78, 5) is 27.5. The Kier molecular flexibility index (Phi) is 6.36. The molecule has 0 aliphatic heterocycles. The topological polar surface area (TPSA) is 67.2 Å². The first-order valence-electron chi connectivity index (χ1n) is 10.8. The first-order valence-corrected chi connectivity index (χ1v) is 10.8. The molecule has 0 saturated heterocycles. The molecule has 33 heavy (non-hydrogen) atoms. The molecule has 4 aromatic rings. The number of aromatic nitrogens is 2. The molecule has 1 N–H and O–H groups in total. The van der Waals surface area contributed by atoms with Crippen molar-refractivity contribution in [1.82, 2.24) is 14.7 Å². The second-order valence-electron chi connectivity index (χ2n) is 8.01. The maximum absolute atomic E-state index is 13.4. The molecule has 0 spiro atoms. The van der Waals surface area contributed by atoms with Crippen LogP contribution in [0.1, 0.15) is 21.5 Å². The Labute approximate surface area is 193 Å². The summed E-state index contributed by atoms with van der Waals surface area (Å²) in [5, 5.41) is 7.63. The highest BCUT2D eigenvalue weighted by atomic mass is 16.2. The molecular weight excluding hydrogens is 412 g/mol. The first kappa shape index (κ1) is 22.0. The fourth-order valence-electron chi connectivity index (χ4n) is 3.74. The van der Waals surface area contributed by atoms with Gasteiger partial charge in [-0.1, -0.05) is 66.7 Å². The van der Waals surface area contributed by atoms with E-state index in [1.54, 1.807) is 17.9 Å². The number of amides is 2. The first-order chi connectivity index (χ1) is 15.9. The Bertz CT molecular complexity index is 1260. The number of likely N-dealkylation sites (N-methyl/N-ethyl adjacent to an activating group) is 1. The predicted octanol–water partition coefficient (Wildman–Crippen LogP) is 4.87. The molecule has 1 aromatic heterocycles. The van der Waals surface area contributed by atoms with Crippen molar-refractivity contribution in [3.05, 3.63) is 102 Å². The molecule has 0 radical (unpaired) electrons.